The van der Waals surface area contributed by atoms with Crippen molar-refractivity contribution in [2.45, 2.75) is 26.0 Å². The molecule has 1 aromatic heterocycles. The average molecular weight is 438 g/mol. The van der Waals surface area contributed by atoms with E-state index in [4.69, 9.17) is 14.2 Å². The maximum Gasteiger partial charge on any atom is 0.412 e. The topological polar surface area (TPSA) is 104 Å². The zero-order valence-corrected chi connectivity index (χ0v) is 18.2. The molecule has 9 nitrogen and oxygen atoms in total. The van der Waals surface area contributed by atoms with Gasteiger partial charge in [0.1, 0.15) is 0 Å². The fraction of sp³-hybridized carbons (Fsp3) is 0.261. The first kappa shape index (κ1) is 22.7. The average Bonchev–Trinajstić information content (AvgIpc) is 3.25. The lowest BCUT2D eigenvalue weighted by Gasteiger charge is -2.13. The summed E-state index contributed by atoms with van der Waals surface area (Å²) in [5, 5.41) is 9.53. The summed E-state index contributed by atoms with van der Waals surface area (Å²) in [4.78, 5) is 24.3. The number of ether oxygens (including phenoxy) is 3. The Morgan fingerprint density at radius 1 is 1.00 bits per heavy atom. The predicted molar refractivity (Wildman–Crippen MR) is 120 cm³/mol. The molecule has 0 radical (unpaired) electrons. The fourth-order valence-corrected chi connectivity index (χ4v) is 2.96. The van der Waals surface area contributed by atoms with Gasteiger partial charge >= 0.3 is 6.09 Å². The third kappa shape index (κ3) is 6.24. The van der Waals surface area contributed by atoms with Gasteiger partial charge in [0.2, 0.25) is 0 Å². The van der Waals surface area contributed by atoms with Gasteiger partial charge in [-0.3, -0.25) is 14.8 Å². The standard InChI is InChI=1S/C23H26N4O5/c1-16(32-23(29)26-18-7-5-4-6-8-18)22(28)25-19-14-24-27(15-19)12-11-17-9-10-20(30-2)21(13-17)31-3/h4-10,13-16H,11-12H2,1-3H3,(H,25,28)(H,26,29)/t16-/m0/s1. The van der Waals surface area contributed by atoms with Crippen LogP contribution >= 0.6 is 0 Å². The number of rotatable bonds is 9. The van der Waals surface area contributed by atoms with Crippen molar-refractivity contribution in [3.05, 3.63) is 66.5 Å². The zero-order valence-electron chi connectivity index (χ0n) is 18.2. The number of benzene rings is 2. The fourth-order valence-electron chi connectivity index (χ4n) is 2.96. The number of nitrogens with one attached hydrogen (secondary N) is 2. The molecule has 1 heterocycles. The van der Waals surface area contributed by atoms with E-state index in [2.05, 4.69) is 15.7 Å². The monoisotopic (exact) mass is 438 g/mol. The molecule has 168 valence electrons. The van der Waals surface area contributed by atoms with Crippen molar-refractivity contribution in [2.75, 3.05) is 24.9 Å². The number of aryl methyl sites for hydroxylation is 2. The number of hydrogen-bond donors (Lipinski definition) is 2. The molecular weight excluding hydrogens is 412 g/mol. The van der Waals surface area contributed by atoms with Crippen molar-refractivity contribution < 1.29 is 23.8 Å². The zero-order chi connectivity index (χ0) is 22.9. The van der Waals surface area contributed by atoms with Crippen molar-refractivity contribution in [2.24, 2.45) is 0 Å². The Kier molecular flexibility index (Phi) is 7.69. The Hall–Kier alpha value is -4.01. The second-order valence-corrected chi connectivity index (χ2v) is 6.96. The Balaban J connectivity index is 1.48. The molecule has 2 N–H and O–H groups in total. The first-order valence-corrected chi connectivity index (χ1v) is 10.1. The number of anilines is 2. The Morgan fingerprint density at radius 3 is 2.47 bits per heavy atom. The minimum absolute atomic E-state index is 0.451. The van der Waals surface area contributed by atoms with E-state index in [1.165, 1.54) is 6.92 Å². The second kappa shape index (κ2) is 10.9. The number of carbonyl (C=O) groups excluding carboxylic acids is 2. The van der Waals surface area contributed by atoms with E-state index in [0.29, 0.717) is 35.8 Å². The van der Waals surface area contributed by atoms with Crippen molar-refractivity contribution >= 4 is 23.4 Å². The van der Waals surface area contributed by atoms with Gasteiger partial charge in [0.15, 0.2) is 17.6 Å². The van der Waals surface area contributed by atoms with Crippen molar-refractivity contribution in [3.63, 3.8) is 0 Å². The number of aromatic nitrogens is 2. The summed E-state index contributed by atoms with van der Waals surface area (Å²) in [5.41, 5.74) is 2.16. The molecule has 0 aliphatic carbocycles. The Labute approximate surface area is 186 Å². The van der Waals surface area contributed by atoms with E-state index < -0.39 is 18.1 Å². The number of nitrogens with zero attached hydrogens (tertiary/aromatic N) is 2. The molecule has 0 unspecified atom stereocenters. The molecule has 0 saturated heterocycles. The number of carbonyl (C=O) groups is 2. The van der Waals surface area contributed by atoms with E-state index in [9.17, 15) is 9.59 Å². The van der Waals surface area contributed by atoms with Crippen molar-refractivity contribution in [3.8, 4) is 11.5 Å². The maximum atomic E-state index is 12.3. The molecule has 0 bridgehead atoms. The lowest BCUT2D eigenvalue weighted by atomic mass is 10.1. The molecule has 3 rings (SSSR count). The quantitative estimate of drug-likeness (QED) is 0.528. The number of methoxy groups -OCH3 is 2. The normalized spacial score (nSPS) is 11.3. The summed E-state index contributed by atoms with van der Waals surface area (Å²) in [6.07, 6.45) is 2.30. The van der Waals surface area contributed by atoms with Crippen molar-refractivity contribution in [1.29, 1.82) is 0 Å². The summed E-state index contributed by atoms with van der Waals surface area (Å²) in [6, 6.07) is 14.6. The molecule has 0 aliphatic heterocycles. The third-order valence-corrected chi connectivity index (χ3v) is 4.65. The van der Waals surface area contributed by atoms with Crippen LogP contribution in [0.4, 0.5) is 16.2 Å². The molecule has 1 atom stereocenters. The van der Waals surface area contributed by atoms with Crippen LogP contribution in [0.2, 0.25) is 0 Å². The number of amides is 2. The summed E-state index contributed by atoms with van der Waals surface area (Å²) in [5.74, 6) is 0.894. The van der Waals surface area contributed by atoms with Crippen LogP contribution in [0.3, 0.4) is 0 Å². The van der Waals surface area contributed by atoms with Gasteiger partial charge in [-0.1, -0.05) is 24.3 Å². The SMILES string of the molecule is COc1ccc(CCn2cc(NC(=O)[C@H](C)OC(=O)Nc3ccccc3)cn2)cc1OC. The van der Waals surface area contributed by atoms with Crippen LogP contribution in [-0.4, -0.2) is 42.1 Å². The molecule has 0 saturated carbocycles. The van der Waals surface area contributed by atoms with Crippen LogP contribution in [0.1, 0.15) is 12.5 Å². The van der Waals surface area contributed by atoms with Gasteiger partial charge in [0, 0.05) is 18.4 Å². The van der Waals surface area contributed by atoms with Crippen LogP contribution in [0.25, 0.3) is 0 Å². The molecule has 0 aliphatic rings. The molecular formula is C23H26N4O5. The molecule has 3 aromatic rings. The predicted octanol–water partition coefficient (Wildman–Crippen LogP) is 3.72. The van der Waals surface area contributed by atoms with E-state index in [-0.39, 0.29) is 0 Å². The summed E-state index contributed by atoms with van der Waals surface area (Å²) in [7, 11) is 3.19. The van der Waals surface area contributed by atoms with Crippen LogP contribution in [-0.2, 0) is 22.5 Å². The summed E-state index contributed by atoms with van der Waals surface area (Å²) < 4.78 is 17.4. The van der Waals surface area contributed by atoms with Crippen LogP contribution in [0, 0.1) is 0 Å². The number of para-hydroxylation sites is 1. The maximum absolute atomic E-state index is 12.3. The minimum Gasteiger partial charge on any atom is -0.493 e. The smallest absolute Gasteiger partial charge is 0.412 e. The highest BCUT2D eigenvalue weighted by molar-refractivity contribution is 5.95. The molecule has 9 heteroatoms. The lowest BCUT2D eigenvalue weighted by Crippen LogP contribution is -2.31. The number of hydrogen-bond acceptors (Lipinski definition) is 6. The Bertz CT molecular complexity index is 1050. The first-order valence-electron chi connectivity index (χ1n) is 10.1. The summed E-state index contributed by atoms with van der Waals surface area (Å²) in [6.45, 7) is 2.11. The molecule has 2 amide bonds. The van der Waals surface area contributed by atoms with Crippen molar-refractivity contribution in [1.82, 2.24) is 9.78 Å². The minimum atomic E-state index is -0.978. The highest BCUT2D eigenvalue weighted by Crippen LogP contribution is 2.27. The van der Waals surface area contributed by atoms with Gasteiger partial charge in [-0.05, 0) is 43.2 Å². The van der Waals surface area contributed by atoms with Gasteiger partial charge in [0.25, 0.3) is 5.91 Å². The van der Waals surface area contributed by atoms with Crippen LogP contribution in [0.5, 0.6) is 11.5 Å². The van der Waals surface area contributed by atoms with E-state index in [0.717, 1.165) is 5.56 Å². The third-order valence-electron chi connectivity index (χ3n) is 4.65. The molecule has 0 fully saturated rings. The van der Waals surface area contributed by atoms with Gasteiger partial charge in [-0.25, -0.2) is 4.79 Å². The highest BCUT2D eigenvalue weighted by Gasteiger charge is 2.18. The second-order valence-electron chi connectivity index (χ2n) is 6.96. The lowest BCUT2D eigenvalue weighted by molar-refractivity contribution is -0.123. The molecule has 32 heavy (non-hydrogen) atoms. The van der Waals surface area contributed by atoms with Gasteiger partial charge in [0.05, 0.1) is 26.1 Å². The van der Waals surface area contributed by atoms with E-state index >= 15 is 0 Å². The van der Waals surface area contributed by atoms with E-state index in [1.54, 1.807) is 55.6 Å². The Morgan fingerprint density at radius 2 is 1.75 bits per heavy atom. The van der Waals surface area contributed by atoms with Crippen LogP contribution < -0.4 is 20.1 Å². The van der Waals surface area contributed by atoms with Crippen LogP contribution in [0.15, 0.2) is 60.9 Å². The molecule has 0 spiro atoms. The largest absolute Gasteiger partial charge is 0.493 e. The van der Waals surface area contributed by atoms with E-state index in [1.807, 2.05) is 24.3 Å². The summed E-state index contributed by atoms with van der Waals surface area (Å²) >= 11 is 0. The van der Waals surface area contributed by atoms with Gasteiger partial charge < -0.3 is 19.5 Å². The highest BCUT2D eigenvalue weighted by atomic mass is 16.6. The molecule has 2 aromatic carbocycles. The van der Waals surface area contributed by atoms with Gasteiger partial charge in [-0.2, -0.15) is 5.10 Å². The first-order chi connectivity index (χ1) is 15.5. The van der Waals surface area contributed by atoms with Gasteiger partial charge in [-0.15, -0.1) is 0 Å².